The molecule has 6 heteroatoms. The van der Waals surface area contributed by atoms with Crippen molar-refractivity contribution in [3.05, 3.63) is 27.2 Å². The largest absolute Gasteiger partial charge is 0.486 e. The van der Waals surface area contributed by atoms with Crippen LogP contribution >= 0.6 is 46.4 Å². The molecule has 0 spiro atoms. The van der Waals surface area contributed by atoms with E-state index in [1.165, 1.54) is 0 Å². The summed E-state index contributed by atoms with van der Waals surface area (Å²) in [5, 5.41) is 1.21. The highest BCUT2D eigenvalue weighted by molar-refractivity contribution is 6.43. The van der Waals surface area contributed by atoms with Crippen LogP contribution in [0.15, 0.2) is 12.1 Å². The molecular weight excluding hydrogens is 306 g/mol. The van der Waals surface area contributed by atoms with Crippen molar-refractivity contribution in [3.8, 4) is 5.75 Å². The minimum absolute atomic E-state index is 0.0217. The fourth-order valence-corrected chi connectivity index (χ4v) is 2.72. The first-order valence-electron chi connectivity index (χ1n) is 5.01. The van der Waals surface area contributed by atoms with Crippen LogP contribution < -0.4 is 4.74 Å². The molecule has 17 heavy (non-hydrogen) atoms. The third-order valence-corrected chi connectivity index (χ3v) is 4.15. The smallest absolute Gasteiger partial charge is 0.140 e. The van der Waals surface area contributed by atoms with Gasteiger partial charge in [-0.1, -0.05) is 34.8 Å². The Morgan fingerprint density at radius 3 is 2.35 bits per heavy atom. The molecule has 0 bridgehead atoms. The topological polar surface area (TPSA) is 18.5 Å². The van der Waals surface area contributed by atoms with E-state index >= 15 is 0 Å². The third-order valence-electron chi connectivity index (χ3n) is 2.71. The summed E-state index contributed by atoms with van der Waals surface area (Å²) < 4.78 is 10.9. The average molecular weight is 316 g/mol. The lowest BCUT2D eigenvalue weighted by atomic mass is 9.91. The van der Waals surface area contributed by atoms with Crippen molar-refractivity contribution in [1.29, 1.82) is 0 Å². The van der Waals surface area contributed by atoms with Crippen molar-refractivity contribution in [3.63, 3.8) is 0 Å². The van der Waals surface area contributed by atoms with Gasteiger partial charge in [-0.25, -0.2) is 0 Å². The zero-order valence-electron chi connectivity index (χ0n) is 8.92. The van der Waals surface area contributed by atoms with Crippen LogP contribution in [0.25, 0.3) is 0 Å². The van der Waals surface area contributed by atoms with E-state index in [9.17, 15) is 0 Å². The molecule has 0 N–H and O–H groups in total. The Balaban J connectivity index is 2.12. The van der Waals surface area contributed by atoms with Crippen LogP contribution in [0.2, 0.25) is 15.1 Å². The van der Waals surface area contributed by atoms with Crippen LogP contribution in [-0.4, -0.2) is 24.7 Å². The van der Waals surface area contributed by atoms with Gasteiger partial charge in [-0.3, -0.25) is 0 Å². The van der Waals surface area contributed by atoms with E-state index in [-0.39, 0.29) is 17.6 Å². The monoisotopic (exact) mass is 314 g/mol. The minimum Gasteiger partial charge on any atom is -0.486 e. The van der Waals surface area contributed by atoms with Crippen LogP contribution in [0.5, 0.6) is 5.75 Å². The highest BCUT2D eigenvalue weighted by atomic mass is 35.5. The maximum atomic E-state index is 6.01. The minimum atomic E-state index is -0.123. The fourth-order valence-electron chi connectivity index (χ4n) is 1.70. The highest BCUT2D eigenvalue weighted by Gasteiger charge is 2.42. The summed E-state index contributed by atoms with van der Waals surface area (Å²) in [5.41, 5.74) is 0. The predicted molar refractivity (Wildman–Crippen MR) is 70.9 cm³/mol. The zero-order chi connectivity index (χ0) is 12.6. The molecule has 3 unspecified atom stereocenters. The first kappa shape index (κ1) is 13.6. The number of alkyl halides is 1. The Morgan fingerprint density at radius 2 is 1.76 bits per heavy atom. The quantitative estimate of drug-likeness (QED) is 0.607. The summed E-state index contributed by atoms with van der Waals surface area (Å²) in [5.74, 6) is 0.497. The number of halogens is 4. The zero-order valence-corrected chi connectivity index (χ0v) is 11.9. The Labute approximate surface area is 120 Å². The maximum absolute atomic E-state index is 6.01. The third kappa shape index (κ3) is 2.77. The van der Waals surface area contributed by atoms with Crippen molar-refractivity contribution in [1.82, 2.24) is 0 Å². The molecule has 94 valence electrons. The molecular formula is C11H10Cl4O2. The normalized spacial score (nSPS) is 27.7. The molecule has 2 nitrogen and oxygen atoms in total. The van der Waals surface area contributed by atoms with Gasteiger partial charge in [-0.2, -0.15) is 0 Å². The molecule has 0 saturated heterocycles. The van der Waals surface area contributed by atoms with Crippen molar-refractivity contribution >= 4 is 46.4 Å². The summed E-state index contributed by atoms with van der Waals surface area (Å²) in [6.07, 6.45) is 0.496. The van der Waals surface area contributed by atoms with E-state index in [1.54, 1.807) is 19.2 Å². The summed E-state index contributed by atoms with van der Waals surface area (Å²) in [4.78, 5) is 0. The van der Waals surface area contributed by atoms with E-state index in [2.05, 4.69) is 0 Å². The molecule has 3 atom stereocenters. The van der Waals surface area contributed by atoms with Crippen LogP contribution in [0.4, 0.5) is 0 Å². The van der Waals surface area contributed by atoms with E-state index in [0.717, 1.165) is 6.42 Å². The predicted octanol–water partition coefficient (Wildman–Crippen LogP) is 4.42. The van der Waals surface area contributed by atoms with E-state index < -0.39 is 0 Å². The molecule has 0 heterocycles. The van der Waals surface area contributed by atoms with Gasteiger partial charge in [0.25, 0.3) is 0 Å². The molecule has 1 aromatic carbocycles. The summed E-state index contributed by atoms with van der Waals surface area (Å²) >= 11 is 23.7. The maximum Gasteiger partial charge on any atom is 0.140 e. The van der Waals surface area contributed by atoms with E-state index in [0.29, 0.717) is 20.8 Å². The van der Waals surface area contributed by atoms with Crippen LogP contribution in [0, 0.1) is 0 Å². The van der Waals surface area contributed by atoms with Gasteiger partial charge in [0.15, 0.2) is 0 Å². The van der Waals surface area contributed by atoms with Crippen LogP contribution in [-0.2, 0) is 4.74 Å². The molecule has 1 fully saturated rings. The Kier molecular flexibility index (Phi) is 4.32. The van der Waals surface area contributed by atoms with Gasteiger partial charge in [-0.15, -0.1) is 11.6 Å². The number of benzene rings is 1. The first-order chi connectivity index (χ1) is 8.02. The molecule has 0 aromatic heterocycles. The van der Waals surface area contributed by atoms with Crippen molar-refractivity contribution < 1.29 is 9.47 Å². The second kappa shape index (κ2) is 5.41. The van der Waals surface area contributed by atoms with Crippen molar-refractivity contribution in [2.75, 3.05) is 7.11 Å². The first-order valence-corrected chi connectivity index (χ1v) is 6.58. The second-order valence-electron chi connectivity index (χ2n) is 3.81. The molecule has 1 aliphatic carbocycles. The molecule has 2 rings (SSSR count). The van der Waals surface area contributed by atoms with Gasteiger partial charge in [0.1, 0.15) is 18.0 Å². The van der Waals surface area contributed by atoms with Crippen LogP contribution in [0.1, 0.15) is 6.42 Å². The number of hydrogen-bond donors (Lipinski definition) is 0. The molecule has 1 aliphatic rings. The molecule has 0 amide bonds. The van der Waals surface area contributed by atoms with Crippen molar-refractivity contribution in [2.24, 2.45) is 0 Å². The number of methoxy groups -OCH3 is 1. The number of rotatable bonds is 3. The molecule has 0 aliphatic heterocycles. The van der Waals surface area contributed by atoms with Crippen molar-refractivity contribution in [2.45, 2.75) is 24.0 Å². The van der Waals surface area contributed by atoms with E-state index in [4.69, 9.17) is 55.9 Å². The standard InChI is InChI=1S/C11H10Cl4O2/c1-16-11-8(15)4-10(11)17-9-3-6(13)5(12)2-7(9)14/h2-3,8,10-11H,4H2,1H3. The SMILES string of the molecule is COC1C(Cl)CC1Oc1cc(Cl)c(Cl)cc1Cl. The lowest BCUT2D eigenvalue weighted by molar-refractivity contribution is -0.0583. The Morgan fingerprint density at radius 1 is 1.12 bits per heavy atom. The van der Waals surface area contributed by atoms with E-state index in [1.807, 2.05) is 0 Å². The molecule has 1 aromatic rings. The number of ether oxygens (including phenoxy) is 2. The van der Waals surface area contributed by atoms with Gasteiger partial charge in [0, 0.05) is 19.6 Å². The summed E-state index contributed by atoms with van der Waals surface area (Å²) in [7, 11) is 1.60. The van der Waals surface area contributed by atoms with Crippen LogP contribution in [0.3, 0.4) is 0 Å². The average Bonchev–Trinajstić information content (AvgIpc) is 2.25. The van der Waals surface area contributed by atoms with Gasteiger partial charge < -0.3 is 9.47 Å². The lowest BCUT2D eigenvalue weighted by Crippen LogP contribution is -2.52. The Bertz CT molecular complexity index is 424. The lowest BCUT2D eigenvalue weighted by Gasteiger charge is -2.39. The van der Waals surface area contributed by atoms with Gasteiger partial charge >= 0.3 is 0 Å². The Hall–Kier alpha value is 0.140. The molecule has 1 saturated carbocycles. The van der Waals surface area contributed by atoms with Gasteiger partial charge in [-0.05, 0) is 6.07 Å². The summed E-state index contributed by atoms with van der Waals surface area (Å²) in [6, 6.07) is 3.15. The molecule has 0 radical (unpaired) electrons. The fraction of sp³-hybridized carbons (Fsp3) is 0.455. The van der Waals surface area contributed by atoms with Gasteiger partial charge in [0.2, 0.25) is 0 Å². The number of hydrogen-bond acceptors (Lipinski definition) is 2. The highest BCUT2D eigenvalue weighted by Crippen LogP contribution is 2.38. The summed E-state index contributed by atoms with van der Waals surface area (Å²) in [6.45, 7) is 0. The second-order valence-corrected chi connectivity index (χ2v) is 5.59. The van der Waals surface area contributed by atoms with Gasteiger partial charge in [0.05, 0.1) is 20.4 Å².